The Kier molecular flexibility index (Phi) is 4.86. The molecule has 3 heterocycles. The third-order valence-electron chi connectivity index (χ3n) is 5.57. The molecule has 7 heteroatoms. The first-order valence-electron chi connectivity index (χ1n) is 8.52. The first kappa shape index (κ1) is 17.6. The molecule has 134 valence electrons. The predicted octanol–water partition coefficient (Wildman–Crippen LogP) is 0.909. The van der Waals surface area contributed by atoms with E-state index in [0.717, 1.165) is 50.3 Å². The number of anilines is 1. The van der Waals surface area contributed by atoms with E-state index in [4.69, 9.17) is 0 Å². The summed E-state index contributed by atoms with van der Waals surface area (Å²) in [6.45, 7) is 3.05. The highest BCUT2D eigenvalue weighted by Crippen LogP contribution is 2.42. The largest absolute Gasteiger partial charge is 0.396 e. The third-order valence-corrected chi connectivity index (χ3v) is 6.43. The van der Waals surface area contributed by atoms with E-state index < -0.39 is 9.84 Å². The van der Waals surface area contributed by atoms with Crippen LogP contribution >= 0.6 is 0 Å². The number of pyridine rings is 1. The van der Waals surface area contributed by atoms with Crippen LogP contribution in [0.15, 0.2) is 18.3 Å². The smallest absolute Gasteiger partial charge is 0.151 e. The van der Waals surface area contributed by atoms with Gasteiger partial charge in [0.1, 0.15) is 5.82 Å². The molecule has 2 atom stereocenters. The van der Waals surface area contributed by atoms with Crippen molar-refractivity contribution in [3.05, 3.63) is 23.9 Å². The molecule has 2 saturated heterocycles. The number of fused-ring (bicyclic) bond motifs is 1. The van der Waals surface area contributed by atoms with Gasteiger partial charge in [-0.05, 0) is 44.5 Å². The topological polar surface area (TPSA) is 73.7 Å². The van der Waals surface area contributed by atoms with Crippen LogP contribution in [0.5, 0.6) is 0 Å². The summed E-state index contributed by atoms with van der Waals surface area (Å²) in [6, 6.07) is 4.10. The summed E-state index contributed by atoms with van der Waals surface area (Å²) in [4.78, 5) is 9.10. The zero-order valence-corrected chi connectivity index (χ0v) is 15.3. The van der Waals surface area contributed by atoms with Crippen molar-refractivity contribution in [1.82, 2.24) is 9.88 Å². The average Bonchev–Trinajstić information content (AvgIpc) is 2.54. The van der Waals surface area contributed by atoms with Crippen LogP contribution in [0.2, 0.25) is 0 Å². The van der Waals surface area contributed by atoms with Crippen molar-refractivity contribution >= 4 is 15.7 Å². The molecular formula is C17H27N3O3S. The molecule has 0 spiro atoms. The van der Waals surface area contributed by atoms with E-state index in [0.29, 0.717) is 6.04 Å². The van der Waals surface area contributed by atoms with Crippen molar-refractivity contribution in [2.24, 2.45) is 5.41 Å². The van der Waals surface area contributed by atoms with Crippen LogP contribution in [0.25, 0.3) is 0 Å². The second kappa shape index (κ2) is 6.61. The monoisotopic (exact) mass is 353 g/mol. The van der Waals surface area contributed by atoms with Crippen LogP contribution in [0, 0.1) is 5.41 Å². The highest BCUT2D eigenvalue weighted by molar-refractivity contribution is 7.89. The lowest BCUT2D eigenvalue weighted by Crippen LogP contribution is -2.61. The maximum absolute atomic E-state index is 11.4. The number of hydrogen-bond donors (Lipinski definition) is 1. The summed E-state index contributed by atoms with van der Waals surface area (Å²) in [5.41, 5.74) is 0.734. The summed E-state index contributed by atoms with van der Waals surface area (Å²) < 4.78 is 22.8. The Balaban J connectivity index is 1.74. The van der Waals surface area contributed by atoms with Gasteiger partial charge in [-0.3, -0.25) is 0 Å². The number of nitrogens with zero attached hydrogens (tertiary/aromatic N) is 3. The van der Waals surface area contributed by atoms with Gasteiger partial charge in [0.25, 0.3) is 0 Å². The zero-order chi connectivity index (χ0) is 17.4. The van der Waals surface area contributed by atoms with Gasteiger partial charge in [-0.25, -0.2) is 13.4 Å². The normalized spacial score (nSPS) is 28.6. The molecule has 6 nitrogen and oxygen atoms in total. The van der Waals surface area contributed by atoms with Gasteiger partial charge >= 0.3 is 0 Å². The quantitative estimate of drug-likeness (QED) is 0.867. The van der Waals surface area contributed by atoms with Crippen molar-refractivity contribution in [2.45, 2.75) is 31.1 Å². The number of sulfone groups is 1. The van der Waals surface area contributed by atoms with Gasteiger partial charge in [-0.1, -0.05) is 6.07 Å². The van der Waals surface area contributed by atoms with Crippen LogP contribution in [0.4, 0.5) is 5.82 Å². The minimum absolute atomic E-state index is 0.0136. The number of aliphatic hydroxyl groups is 1. The van der Waals surface area contributed by atoms with Crippen molar-refractivity contribution < 1.29 is 13.5 Å². The molecule has 2 fully saturated rings. The molecule has 0 radical (unpaired) electrons. The Morgan fingerprint density at radius 1 is 1.33 bits per heavy atom. The maximum atomic E-state index is 11.4. The van der Waals surface area contributed by atoms with Crippen LogP contribution in [0.1, 0.15) is 24.8 Å². The third kappa shape index (κ3) is 3.58. The van der Waals surface area contributed by atoms with Crippen LogP contribution in [-0.2, 0) is 15.6 Å². The summed E-state index contributed by atoms with van der Waals surface area (Å²) in [6.07, 6.45) is 6.10. The lowest BCUT2D eigenvalue weighted by atomic mass is 9.69. The molecule has 0 unspecified atom stereocenters. The summed E-state index contributed by atoms with van der Waals surface area (Å²) >= 11 is 0. The molecule has 0 aromatic carbocycles. The molecule has 1 N–H and O–H groups in total. The number of aromatic nitrogens is 1. The van der Waals surface area contributed by atoms with Gasteiger partial charge in [0, 0.05) is 37.0 Å². The van der Waals surface area contributed by atoms with Crippen LogP contribution < -0.4 is 4.90 Å². The van der Waals surface area contributed by atoms with Gasteiger partial charge in [0.05, 0.1) is 12.4 Å². The van der Waals surface area contributed by atoms with E-state index in [-0.39, 0.29) is 17.8 Å². The van der Waals surface area contributed by atoms with E-state index in [9.17, 15) is 13.5 Å². The second-order valence-electron chi connectivity index (χ2n) is 7.41. The minimum atomic E-state index is -3.04. The molecule has 3 rings (SSSR count). The Morgan fingerprint density at radius 2 is 2.12 bits per heavy atom. The van der Waals surface area contributed by atoms with E-state index in [1.54, 1.807) is 6.20 Å². The van der Waals surface area contributed by atoms with E-state index in [1.807, 2.05) is 12.1 Å². The minimum Gasteiger partial charge on any atom is -0.396 e. The Labute approximate surface area is 144 Å². The van der Waals surface area contributed by atoms with E-state index in [1.165, 1.54) is 6.26 Å². The standard InChI is InChI=1S/C17H27N3O3S/c1-19-8-3-6-17(13-21)7-9-20(11-15(17)19)16-5-4-14(10-18-16)12-24(2,22)23/h4-5,10,15,21H,3,6-9,11-13H2,1-2H3/t15-,17-/m1/s1. The Hall–Kier alpha value is -1.18. The number of piperidine rings is 2. The van der Waals surface area contributed by atoms with Gasteiger partial charge in [0.2, 0.25) is 0 Å². The fourth-order valence-electron chi connectivity index (χ4n) is 4.22. The Morgan fingerprint density at radius 3 is 2.75 bits per heavy atom. The highest BCUT2D eigenvalue weighted by atomic mass is 32.2. The van der Waals surface area contributed by atoms with Gasteiger partial charge in [0.15, 0.2) is 9.84 Å². The molecule has 0 amide bonds. The number of hydrogen-bond acceptors (Lipinski definition) is 6. The van der Waals surface area contributed by atoms with Crippen LogP contribution in [0.3, 0.4) is 0 Å². The number of likely N-dealkylation sites (tertiary alicyclic amines) is 1. The van der Waals surface area contributed by atoms with Crippen molar-refractivity contribution in [1.29, 1.82) is 0 Å². The summed E-state index contributed by atoms with van der Waals surface area (Å²) in [5, 5.41) is 9.98. The first-order valence-corrected chi connectivity index (χ1v) is 10.6. The van der Waals surface area contributed by atoms with Crippen molar-refractivity contribution in [3.8, 4) is 0 Å². The molecule has 0 bridgehead atoms. The lowest BCUT2D eigenvalue weighted by Gasteiger charge is -2.53. The molecule has 1 aromatic heterocycles. The fraction of sp³-hybridized carbons (Fsp3) is 0.706. The first-order chi connectivity index (χ1) is 11.3. The van der Waals surface area contributed by atoms with Crippen LogP contribution in [-0.4, -0.2) is 69.0 Å². The highest BCUT2D eigenvalue weighted by Gasteiger charge is 2.46. The molecule has 24 heavy (non-hydrogen) atoms. The van der Waals surface area contributed by atoms with Gasteiger partial charge in [-0.2, -0.15) is 0 Å². The van der Waals surface area contributed by atoms with E-state index in [2.05, 4.69) is 21.8 Å². The van der Waals surface area contributed by atoms with Crippen molar-refractivity contribution in [2.75, 3.05) is 44.4 Å². The van der Waals surface area contributed by atoms with Crippen molar-refractivity contribution in [3.63, 3.8) is 0 Å². The molecule has 1 aromatic rings. The fourth-order valence-corrected chi connectivity index (χ4v) is 4.99. The molecule has 2 aliphatic heterocycles. The molecule has 0 saturated carbocycles. The second-order valence-corrected chi connectivity index (χ2v) is 9.55. The summed E-state index contributed by atoms with van der Waals surface area (Å²) in [5.74, 6) is 0.914. The number of rotatable bonds is 4. The molecule has 2 aliphatic rings. The average molecular weight is 353 g/mol. The molecular weight excluding hydrogens is 326 g/mol. The van der Waals surface area contributed by atoms with Gasteiger partial charge < -0.3 is 14.9 Å². The number of likely N-dealkylation sites (N-methyl/N-ethyl adjacent to an activating group) is 1. The maximum Gasteiger partial charge on any atom is 0.151 e. The summed E-state index contributed by atoms with van der Waals surface area (Å²) in [7, 11) is -0.898. The SMILES string of the molecule is CN1CCC[C@]2(CO)CCN(c3ccc(CS(C)(=O)=O)cn3)C[C@@H]12. The lowest BCUT2D eigenvalue weighted by molar-refractivity contribution is -0.0277. The Bertz CT molecular complexity index is 677. The zero-order valence-electron chi connectivity index (χ0n) is 14.5. The molecule has 0 aliphatic carbocycles. The predicted molar refractivity (Wildman–Crippen MR) is 94.8 cm³/mol. The number of aliphatic hydroxyl groups excluding tert-OH is 1. The van der Waals surface area contributed by atoms with Gasteiger partial charge in [-0.15, -0.1) is 0 Å². The van der Waals surface area contributed by atoms with E-state index >= 15 is 0 Å².